The molecule has 2 heterocycles. The number of rotatable bonds is 8. The maximum Gasteiger partial charge on any atom is 0.255 e. The van der Waals surface area contributed by atoms with Crippen molar-refractivity contribution in [2.45, 2.75) is 37.2 Å². The molecule has 1 aromatic heterocycles. The molecule has 1 saturated heterocycles. The highest BCUT2D eigenvalue weighted by Crippen LogP contribution is 2.43. The molecular formula is C29H30N4O4S. The Morgan fingerprint density at radius 2 is 1.71 bits per heavy atom. The highest BCUT2D eigenvalue weighted by molar-refractivity contribution is 7.99. The molecule has 1 amide bonds. The molecule has 196 valence electrons. The highest BCUT2D eigenvalue weighted by Gasteiger charge is 2.38. The highest BCUT2D eigenvalue weighted by atomic mass is 32.2. The lowest BCUT2D eigenvalue weighted by Gasteiger charge is -2.41. The van der Waals surface area contributed by atoms with E-state index in [2.05, 4.69) is 22.4 Å². The molecule has 1 aliphatic rings. The van der Waals surface area contributed by atoms with Gasteiger partial charge in [0.2, 0.25) is 0 Å². The standard InChI is InChI=1S/C29H30N4O4S/c1-19-25(17-38-29-32-30-18-33(29)2)36-28(37-26(19)21-10-8-20(16-34)9-11-21)23-12-14-24(15-13-23)31-27(35)22-6-4-3-5-7-22/h3-15,18-19,25-26,28,34H,16-17H2,1-2H3,(H,31,35). The number of anilines is 1. The van der Waals surface area contributed by atoms with E-state index in [0.29, 0.717) is 17.0 Å². The largest absolute Gasteiger partial charge is 0.392 e. The van der Waals surface area contributed by atoms with Crippen molar-refractivity contribution in [3.8, 4) is 0 Å². The summed E-state index contributed by atoms with van der Waals surface area (Å²) in [6.07, 6.45) is 0.778. The van der Waals surface area contributed by atoms with Gasteiger partial charge in [0.15, 0.2) is 11.4 Å². The summed E-state index contributed by atoms with van der Waals surface area (Å²) in [6.45, 7) is 2.13. The summed E-state index contributed by atoms with van der Waals surface area (Å²) in [4.78, 5) is 12.5. The van der Waals surface area contributed by atoms with Gasteiger partial charge in [0.05, 0.1) is 18.8 Å². The number of nitrogens with zero attached hydrogens (tertiary/aromatic N) is 3. The van der Waals surface area contributed by atoms with Crippen LogP contribution in [0.15, 0.2) is 90.3 Å². The Balaban J connectivity index is 1.34. The number of carbonyl (C=O) groups excluding carboxylic acids is 1. The van der Waals surface area contributed by atoms with E-state index in [0.717, 1.165) is 21.8 Å². The third kappa shape index (κ3) is 5.97. The molecule has 8 nitrogen and oxygen atoms in total. The molecule has 5 rings (SSSR count). The van der Waals surface area contributed by atoms with Crippen LogP contribution in [0.4, 0.5) is 5.69 Å². The van der Waals surface area contributed by atoms with E-state index in [1.807, 2.05) is 78.3 Å². The molecule has 0 spiro atoms. The summed E-state index contributed by atoms with van der Waals surface area (Å²) in [5.41, 5.74) is 4.04. The normalized spacial score (nSPS) is 21.2. The fourth-order valence-electron chi connectivity index (χ4n) is 4.39. The third-order valence-corrected chi connectivity index (χ3v) is 7.77. The van der Waals surface area contributed by atoms with E-state index in [-0.39, 0.29) is 30.6 Å². The lowest BCUT2D eigenvalue weighted by atomic mass is 9.91. The van der Waals surface area contributed by atoms with Crippen LogP contribution in [0.1, 0.15) is 46.4 Å². The lowest BCUT2D eigenvalue weighted by molar-refractivity contribution is -0.268. The van der Waals surface area contributed by atoms with Crippen LogP contribution in [-0.4, -0.2) is 37.6 Å². The number of hydrogen-bond donors (Lipinski definition) is 2. The van der Waals surface area contributed by atoms with Gasteiger partial charge in [-0.25, -0.2) is 0 Å². The van der Waals surface area contributed by atoms with Crippen molar-refractivity contribution >= 4 is 23.4 Å². The number of thioether (sulfide) groups is 1. The zero-order chi connectivity index (χ0) is 26.5. The summed E-state index contributed by atoms with van der Waals surface area (Å²) < 4.78 is 14.9. The van der Waals surface area contributed by atoms with Crippen molar-refractivity contribution in [2.24, 2.45) is 13.0 Å². The number of benzene rings is 3. The second-order valence-corrected chi connectivity index (χ2v) is 10.3. The zero-order valence-corrected chi connectivity index (χ0v) is 22.0. The number of amides is 1. The second-order valence-electron chi connectivity index (χ2n) is 9.30. The Morgan fingerprint density at radius 3 is 2.37 bits per heavy atom. The van der Waals surface area contributed by atoms with E-state index in [9.17, 15) is 9.90 Å². The summed E-state index contributed by atoms with van der Waals surface area (Å²) >= 11 is 1.60. The first-order valence-electron chi connectivity index (χ1n) is 12.5. The minimum absolute atomic E-state index is 0.00276. The number of aliphatic hydroxyl groups excluding tert-OH is 1. The molecule has 3 aromatic carbocycles. The number of hydrogen-bond acceptors (Lipinski definition) is 7. The van der Waals surface area contributed by atoms with E-state index < -0.39 is 6.29 Å². The first-order chi connectivity index (χ1) is 18.5. The molecule has 4 unspecified atom stereocenters. The predicted octanol–water partition coefficient (Wildman–Crippen LogP) is 5.14. The van der Waals surface area contributed by atoms with Crippen LogP contribution in [0, 0.1) is 5.92 Å². The third-order valence-electron chi connectivity index (χ3n) is 6.65. The Kier molecular flexibility index (Phi) is 8.19. The topological polar surface area (TPSA) is 98.5 Å². The van der Waals surface area contributed by atoms with Gasteiger partial charge >= 0.3 is 0 Å². The van der Waals surface area contributed by atoms with E-state index in [1.165, 1.54) is 0 Å². The number of aromatic nitrogens is 3. The molecule has 1 fully saturated rings. The molecule has 0 radical (unpaired) electrons. The van der Waals surface area contributed by atoms with Gasteiger partial charge in [0.25, 0.3) is 5.91 Å². The number of nitrogens with one attached hydrogen (secondary N) is 1. The van der Waals surface area contributed by atoms with Gasteiger partial charge in [-0.05, 0) is 35.4 Å². The van der Waals surface area contributed by atoms with Gasteiger partial charge in [0.1, 0.15) is 6.33 Å². The molecular weight excluding hydrogens is 500 g/mol. The molecule has 0 saturated carbocycles. The average molecular weight is 531 g/mol. The quantitative estimate of drug-likeness (QED) is 0.304. The van der Waals surface area contributed by atoms with Crippen molar-refractivity contribution in [1.82, 2.24) is 14.8 Å². The van der Waals surface area contributed by atoms with Gasteiger partial charge < -0.3 is 24.5 Å². The first-order valence-corrected chi connectivity index (χ1v) is 13.4. The van der Waals surface area contributed by atoms with Crippen LogP contribution < -0.4 is 5.32 Å². The van der Waals surface area contributed by atoms with Gasteiger partial charge in [-0.2, -0.15) is 0 Å². The van der Waals surface area contributed by atoms with Crippen molar-refractivity contribution in [1.29, 1.82) is 0 Å². The minimum atomic E-state index is -0.585. The number of ether oxygens (including phenoxy) is 2. The number of carbonyl (C=O) groups is 1. The molecule has 4 aromatic rings. The summed E-state index contributed by atoms with van der Waals surface area (Å²) in [5.74, 6) is 0.588. The van der Waals surface area contributed by atoms with Crippen LogP contribution in [0.25, 0.3) is 0 Å². The van der Waals surface area contributed by atoms with Crippen LogP contribution in [-0.2, 0) is 23.1 Å². The van der Waals surface area contributed by atoms with Crippen molar-refractivity contribution in [3.63, 3.8) is 0 Å². The molecule has 0 bridgehead atoms. The maximum absolute atomic E-state index is 12.5. The number of aliphatic hydroxyl groups is 1. The second kappa shape index (κ2) is 11.9. The molecule has 2 N–H and O–H groups in total. The number of aryl methyl sites for hydroxylation is 1. The summed E-state index contributed by atoms with van der Waals surface area (Å²) in [7, 11) is 1.92. The molecule has 4 atom stereocenters. The SMILES string of the molecule is CC1C(CSc2nncn2C)OC(c2ccc(NC(=O)c3ccccc3)cc2)OC1c1ccc(CO)cc1. The van der Waals surface area contributed by atoms with Crippen LogP contribution >= 0.6 is 11.8 Å². The van der Waals surface area contributed by atoms with Gasteiger partial charge in [0, 0.05) is 35.5 Å². The Hall–Kier alpha value is -3.50. The Bertz CT molecular complexity index is 1350. The smallest absolute Gasteiger partial charge is 0.255 e. The van der Waals surface area contributed by atoms with Gasteiger partial charge in [-0.1, -0.05) is 73.3 Å². The Labute approximate surface area is 226 Å². The fraction of sp³-hybridized carbons (Fsp3) is 0.276. The summed E-state index contributed by atoms with van der Waals surface area (Å²) in [6, 6.07) is 24.5. The first kappa shape index (κ1) is 26.1. The molecule has 0 aliphatic carbocycles. The average Bonchev–Trinajstić information content (AvgIpc) is 3.38. The van der Waals surface area contributed by atoms with Crippen molar-refractivity contribution in [3.05, 3.63) is 107 Å². The lowest BCUT2D eigenvalue weighted by Crippen LogP contribution is -2.38. The molecule has 1 aliphatic heterocycles. The maximum atomic E-state index is 12.5. The predicted molar refractivity (Wildman–Crippen MR) is 146 cm³/mol. The van der Waals surface area contributed by atoms with Crippen LogP contribution in [0.3, 0.4) is 0 Å². The van der Waals surface area contributed by atoms with Gasteiger partial charge in [-0.3, -0.25) is 4.79 Å². The molecule has 38 heavy (non-hydrogen) atoms. The van der Waals surface area contributed by atoms with Crippen molar-refractivity contribution in [2.75, 3.05) is 11.1 Å². The Morgan fingerprint density at radius 1 is 1.00 bits per heavy atom. The molecule has 9 heteroatoms. The van der Waals surface area contributed by atoms with E-state index in [4.69, 9.17) is 9.47 Å². The van der Waals surface area contributed by atoms with Crippen molar-refractivity contribution < 1.29 is 19.4 Å². The monoisotopic (exact) mass is 530 g/mol. The summed E-state index contributed by atoms with van der Waals surface area (Å²) in [5, 5.41) is 21.4. The van der Waals surface area contributed by atoms with Crippen LogP contribution in [0.2, 0.25) is 0 Å². The van der Waals surface area contributed by atoms with Crippen LogP contribution in [0.5, 0.6) is 0 Å². The minimum Gasteiger partial charge on any atom is -0.392 e. The van der Waals surface area contributed by atoms with E-state index >= 15 is 0 Å². The zero-order valence-electron chi connectivity index (χ0n) is 21.2. The fourth-order valence-corrected chi connectivity index (χ4v) is 5.44. The van der Waals surface area contributed by atoms with E-state index in [1.54, 1.807) is 30.2 Å². The van der Waals surface area contributed by atoms with Gasteiger partial charge in [-0.15, -0.1) is 10.2 Å².